The highest BCUT2D eigenvalue weighted by atomic mass is 32.1. The number of carboxylic acids is 1. The Morgan fingerprint density at radius 3 is 2.73 bits per heavy atom. The molecule has 11 heteroatoms. The Hall–Kier alpha value is -3.99. The first-order valence-corrected chi connectivity index (χ1v) is 16.6. The molecule has 2 aliphatic heterocycles. The summed E-state index contributed by atoms with van der Waals surface area (Å²) in [6.07, 6.45) is 7.72. The number of nitrogens with zero attached hydrogens (tertiary/aromatic N) is 3. The van der Waals surface area contributed by atoms with Gasteiger partial charge in [-0.15, -0.1) is 11.3 Å². The Bertz CT molecular complexity index is 1670. The van der Waals surface area contributed by atoms with Crippen molar-refractivity contribution in [2.75, 3.05) is 13.7 Å². The summed E-state index contributed by atoms with van der Waals surface area (Å²) in [5.41, 5.74) is 1.93. The minimum atomic E-state index is -1.33. The summed E-state index contributed by atoms with van der Waals surface area (Å²) < 4.78 is 12.2. The molecule has 3 aliphatic rings. The maximum Gasteiger partial charge on any atom is 0.330 e. The number of fused-ring (bicyclic) bond motifs is 3. The SMILES string of the molecule is COc1ccc2c(OC3CC4C(=O)NC5(C(=O)O)CC5C=CCCCCCC(=O)N4C3)cc(-c3nc(C(C)C)cs3)nc2c1C. The van der Waals surface area contributed by atoms with E-state index in [1.165, 1.54) is 11.3 Å². The third-order valence-corrected chi connectivity index (χ3v) is 10.1. The van der Waals surface area contributed by atoms with E-state index in [1.807, 2.05) is 42.7 Å². The van der Waals surface area contributed by atoms with E-state index >= 15 is 0 Å². The number of carbonyl (C=O) groups is 3. The molecule has 0 bridgehead atoms. The predicted molar refractivity (Wildman–Crippen MR) is 172 cm³/mol. The monoisotopic (exact) mass is 632 g/mol. The number of aromatic nitrogens is 2. The normalized spacial score (nSPS) is 25.4. The number of amides is 2. The lowest BCUT2D eigenvalue weighted by Crippen LogP contribution is -2.53. The van der Waals surface area contributed by atoms with Gasteiger partial charge in [-0.25, -0.2) is 14.8 Å². The molecule has 3 aromatic rings. The highest BCUT2D eigenvalue weighted by Crippen LogP contribution is 2.45. The van der Waals surface area contributed by atoms with Crippen molar-refractivity contribution in [2.24, 2.45) is 5.92 Å². The number of pyridine rings is 1. The molecule has 4 heterocycles. The van der Waals surface area contributed by atoms with Gasteiger partial charge in [-0.2, -0.15) is 0 Å². The van der Waals surface area contributed by atoms with Crippen molar-refractivity contribution in [1.82, 2.24) is 20.2 Å². The number of ether oxygens (including phenoxy) is 2. The third-order valence-electron chi connectivity index (χ3n) is 9.25. The molecular weight excluding hydrogens is 592 g/mol. The fraction of sp³-hybridized carbons (Fsp3) is 0.500. The topological polar surface area (TPSA) is 131 Å². The molecule has 238 valence electrons. The zero-order valence-corrected chi connectivity index (χ0v) is 27.0. The second-order valence-electron chi connectivity index (χ2n) is 12.7. The number of allylic oxidation sites excluding steroid dienone is 1. The van der Waals surface area contributed by atoms with Crippen LogP contribution < -0.4 is 14.8 Å². The number of benzene rings is 1. The fourth-order valence-corrected chi connectivity index (χ4v) is 7.39. The van der Waals surface area contributed by atoms with Crippen LogP contribution in [0.3, 0.4) is 0 Å². The lowest BCUT2D eigenvalue weighted by molar-refractivity contribution is -0.145. The molecule has 2 fully saturated rings. The number of aliphatic carboxylic acids is 1. The molecule has 1 saturated carbocycles. The Labute approximate surface area is 266 Å². The summed E-state index contributed by atoms with van der Waals surface area (Å²) in [5.74, 6) is -0.308. The molecule has 0 radical (unpaired) electrons. The Balaban J connectivity index is 1.33. The lowest BCUT2D eigenvalue weighted by Gasteiger charge is -2.25. The summed E-state index contributed by atoms with van der Waals surface area (Å²) in [7, 11) is 1.62. The molecule has 1 saturated heterocycles. The maximum absolute atomic E-state index is 13.7. The maximum atomic E-state index is 13.7. The van der Waals surface area contributed by atoms with Gasteiger partial charge in [-0.1, -0.05) is 32.4 Å². The molecule has 10 nitrogen and oxygen atoms in total. The molecule has 0 spiro atoms. The molecule has 45 heavy (non-hydrogen) atoms. The van der Waals surface area contributed by atoms with Crippen LogP contribution in [0.25, 0.3) is 21.6 Å². The number of methoxy groups -OCH3 is 1. The van der Waals surface area contributed by atoms with Crippen LogP contribution in [0.5, 0.6) is 11.5 Å². The molecule has 1 aromatic carbocycles. The van der Waals surface area contributed by atoms with Crippen LogP contribution in [0.2, 0.25) is 0 Å². The first-order chi connectivity index (χ1) is 21.6. The van der Waals surface area contributed by atoms with E-state index in [0.29, 0.717) is 30.0 Å². The largest absolute Gasteiger partial charge is 0.496 e. The number of hydrogen-bond donors (Lipinski definition) is 2. The van der Waals surface area contributed by atoms with Crippen molar-refractivity contribution < 1.29 is 29.0 Å². The second-order valence-corrected chi connectivity index (χ2v) is 13.5. The minimum absolute atomic E-state index is 0.115. The van der Waals surface area contributed by atoms with Gasteiger partial charge in [0.25, 0.3) is 0 Å². The van der Waals surface area contributed by atoms with Crippen LogP contribution in [0.15, 0.2) is 35.7 Å². The molecule has 2 amide bonds. The number of carboxylic acid groups (broad SMARTS) is 1. The first kappa shape index (κ1) is 31.0. The molecule has 2 N–H and O–H groups in total. The molecular formula is C34H40N4O6S. The van der Waals surface area contributed by atoms with Crippen molar-refractivity contribution in [3.05, 3.63) is 47.0 Å². The second kappa shape index (κ2) is 12.4. The van der Waals surface area contributed by atoms with Gasteiger partial charge in [0.15, 0.2) is 0 Å². The predicted octanol–water partition coefficient (Wildman–Crippen LogP) is 5.63. The Kier molecular flexibility index (Phi) is 8.56. The number of rotatable bonds is 6. The number of carbonyl (C=O) groups excluding carboxylic acids is 2. The zero-order chi connectivity index (χ0) is 31.9. The smallest absolute Gasteiger partial charge is 0.330 e. The first-order valence-electron chi connectivity index (χ1n) is 15.7. The van der Waals surface area contributed by atoms with Gasteiger partial charge in [0, 0.05) is 41.2 Å². The number of aryl methyl sites for hydroxylation is 1. The van der Waals surface area contributed by atoms with Gasteiger partial charge in [0.05, 0.1) is 24.9 Å². The van der Waals surface area contributed by atoms with Crippen molar-refractivity contribution in [2.45, 2.75) is 89.3 Å². The van der Waals surface area contributed by atoms with Crippen LogP contribution in [0.4, 0.5) is 0 Å². The van der Waals surface area contributed by atoms with E-state index in [2.05, 4.69) is 19.2 Å². The van der Waals surface area contributed by atoms with Crippen LogP contribution >= 0.6 is 11.3 Å². The van der Waals surface area contributed by atoms with Gasteiger partial charge >= 0.3 is 5.97 Å². The van der Waals surface area contributed by atoms with E-state index in [0.717, 1.165) is 52.9 Å². The molecule has 6 rings (SSSR count). The summed E-state index contributed by atoms with van der Waals surface area (Å²) in [6.45, 7) is 6.38. The zero-order valence-electron chi connectivity index (χ0n) is 26.2. The number of thiazole rings is 1. The standard InChI is InChI=1S/C34H40N4O6S/c1-19(2)25-18-45-32(36-25)24-15-28(23-12-13-27(43-4)20(3)30(23)35-24)44-22-14-26-31(40)37-34(33(41)42)16-21(34)10-8-6-5-7-9-11-29(39)38(26)17-22/h8,10,12-13,15,18-19,21-22,26H,5-7,9,11,14,16-17H2,1-4H3,(H,37,40)(H,41,42). The summed E-state index contributed by atoms with van der Waals surface area (Å²) >= 11 is 1.53. The van der Waals surface area contributed by atoms with Crippen molar-refractivity contribution in [1.29, 1.82) is 0 Å². The van der Waals surface area contributed by atoms with Crippen LogP contribution in [0, 0.1) is 12.8 Å². The minimum Gasteiger partial charge on any atom is -0.496 e. The summed E-state index contributed by atoms with van der Waals surface area (Å²) in [5, 5.41) is 16.5. The van der Waals surface area contributed by atoms with Crippen LogP contribution in [-0.2, 0) is 14.4 Å². The van der Waals surface area contributed by atoms with Gasteiger partial charge in [-0.05, 0) is 50.7 Å². The van der Waals surface area contributed by atoms with Gasteiger partial charge < -0.3 is 24.8 Å². The highest BCUT2D eigenvalue weighted by Gasteiger charge is 2.61. The van der Waals surface area contributed by atoms with E-state index in [1.54, 1.807) is 12.0 Å². The van der Waals surface area contributed by atoms with Crippen LogP contribution in [0.1, 0.15) is 76.0 Å². The molecule has 4 unspecified atom stereocenters. The van der Waals surface area contributed by atoms with Crippen molar-refractivity contribution >= 4 is 40.0 Å². The van der Waals surface area contributed by atoms with Gasteiger partial charge in [-0.3, -0.25) is 9.59 Å². The average molecular weight is 633 g/mol. The van der Waals surface area contributed by atoms with E-state index in [4.69, 9.17) is 19.4 Å². The van der Waals surface area contributed by atoms with E-state index < -0.39 is 29.6 Å². The van der Waals surface area contributed by atoms with Crippen LogP contribution in [-0.4, -0.2) is 69.1 Å². The average Bonchev–Trinajstić information content (AvgIpc) is 3.33. The quantitative estimate of drug-likeness (QED) is 0.335. The third kappa shape index (κ3) is 6.02. The molecule has 4 atom stereocenters. The Morgan fingerprint density at radius 2 is 2.00 bits per heavy atom. The summed E-state index contributed by atoms with van der Waals surface area (Å²) in [6, 6.07) is 4.85. The van der Waals surface area contributed by atoms with Crippen molar-refractivity contribution in [3.63, 3.8) is 0 Å². The lowest BCUT2D eigenvalue weighted by atomic mass is 10.1. The summed E-state index contributed by atoms with van der Waals surface area (Å²) in [4.78, 5) is 50.8. The highest BCUT2D eigenvalue weighted by molar-refractivity contribution is 7.13. The van der Waals surface area contributed by atoms with Gasteiger partial charge in [0.1, 0.15) is 39.9 Å². The van der Waals surface area contributed by atoms with Gasteiger partial charge in [0.2, 0.25) is 11.8 Å². The van der Waals surface area contributed by atoms with E-state index in [9.17, 15) is 19.5 Å². The molecule has 1 aliphatic carbocycles. The number of nitrogens with one attached hydrogen (secondary N) is 1. The van der Waals surface area contributed by atoms with E-state index in [-0.39, 0.29) is 30.7 Å². The Morgan fingerprint density at radius 1 is 1.18 bits per heavy atom. The molecule has 2 aromatic heterocycles. The number of hydrogen-bond acceptors (Lipinski definition) is 8. The van der Waals surface area contributed by atoms with Crippen molar-refractivity contribution in [3.8, 4) is 22.2 Å². The fourth-order valence-electron chi connectivity index (χ4n) is 6.45.